The molecule has 52 valence electrons. The van der Waals surface area contributed by atoms with Crippen molar-refractivity contribution in [3.8, 4) is 0 Å². The molecule has 6 nitrogen and oxygen atoms in total. The van der Waals surface area contributed by atoms with E-state index in [4.69, 9.17) is 5.11 Å². The molecule has 0 bridgehead atoms. The van der Waals surface area contributed by atoms with Gasteiger partial charge < -0.3 is 10.8 Å². The molecule has 0 spiro atoms. The highest BCUT2D eigenvalue weighted by Crippen LogP contribution is 1.85. The first-order valence-electron chi connectivity index (χ1n) is 1.82. The maximum Gasteiger partial charge on any atom is 0.436 e. The number of carbonyl (C=O) groups is 2. The molecule has 0 radical (unpaired) electrons. The largest absolute Gasteiger partial charge is 0.463 e. The van der Waals surface area contributed by atoms with E-state index in [-0.39, 0.29) is 4.41 Å². The number of hydrogen-bond donors (Lipinski definition) is 4. The fourth-order valence-corrected chi connectivity index (χ4v) is 0.251. The average molecular weight is 151 g/mol. The van der Waals surface area contributed by atoms with Crippen LogP contribution in [0, 0.1) is 0 Å². The van der Waals surface area contributed by atoms with Gasteiger partial charge in [-0.05, 0) is 12.8 Å². The normalized spacial score (nSPS) is 8.11. The third-order valence-electron chi connectivity index (χ3n) is 0.397. The monoisotopic (exact) mass is 151 g/mol. The molecule has 0 heterocycles. The average Bonchev–Trinajstić information content (AvgIpc) is 1.63. The first kappa shape index (κ1) is 7.89. The Kier molecular flexibility index (Phi) is 2.65. The lowest BCUT2D eigenvalue weighted by Crippen LogP contribution is -2.42. The van der Waals surface area contributed by atoms with Gasteiger partial charge in [0.25, 0.3) is 0 Å². The number of thiol groups is 1. The van der Waals surface area contributed by atoms with E-state index in [0.717, 1.165) is 0 Å². The number of nitrogens with one attached hydrogen (secondary N) is 1. The van der Waals surface area contributed by atoms with E-state index in [0.29, 0.717) is 0 Å². The van der Waals surface area contributed by atoms with E-state index in [1.54, 1.807) is 5.43 Å². The number of carbonyl (C=O) groups excluding carboxylic acids is 1. The minimum Gasteiger partial charge on any atom is -0.463 e. The van der Waals surface area contributed by atoms with Crippen molar-refractivity contribution in [1.82, 2.24) is 9.84 Å². The molecule has 4 N–H and O–H groups in total. The lowest BCUT2D eigenvalue weighted by Gasteiger charge is -2.08. The topological polar surface area (TPSA) is 95.7 Å². The lowest BCUT2D eigenvalue weighted by atomic mass is 11.1. The summed E-state index contributed by atoms with van der Waals surface area (Å²) in [6.45, 7) is 0. The Labute approximate surface area is 56.1 Å². The molecule has 3 amide bonds. The van der Waals surface area contributed by atoms with E-state index in [2.05, 4.69) is 18.5 Å². The van der Waals surface area contributed by atoms with Crippen LogP contribution in [-0.2, 0) is 0 Å². The molecule has 0 rings (SSSR count). The standard InChI is InChI=1S/C2H5N3O3S/c3-1(6)4-5(9)2(7)8/h9H,(H,7,8)(H3,3,4,6). The number of nitrogens with zero attached hydrogens (tertiary/aromatic N) is 1. The Bertz CT molecular complexity index is 137. The van der Waals surface area contributed by atoms with Gasteiger partial charge in [0.05, 0.1) is 0 Å². The number of urea groups is 1. The van der Waals surface area contributed by atoms with Crippen LogP contribution in [0.15, 0.2) is 0 Å². The van der Waals surface area contributed by atoms with Gasteiger partial charge in [-0.2, -0.15) is 4.41 Å². The number of hydrazine groups is 1. The van der Waals surface area contributed by atoms with Gasteiger partial charge in [-0.1, -0.05) is 0 Å². The molecule has 0 unspecified atom stereocenters. The van der Waals surface area contributed by atoms with E-state index in [1.807, 2.05) is 0 Å². The smallest absolute Gasteiger partial charge is 0.436 e. The second-order valence-electron chi connectivity index (χ2n) is 1.07. The third-order valence-corrected chi connectivity index (χ3v) is 0.668. The first-order chi connectivity index (χ1) is 4.04. The zero-order chi connectivity index (χ0) is 7.44. The van der Waals surface area contributed by atoms with Crippen LogP contribution in [0.3, 0.4) is 0 Å². The van der Waals surface area contributed by atoms with Crippen molar-refractivity contribution < 1.29 is 14.7 Å². The van der Waals surface area contributed by atoms with Gasteiger partial charge in [0.2, 0.25) is 0 Å². The van der Waals surface area contributed by atoms with E-state index >= 15 is 0 Å². The van der Waals surface area contributed by atoms with Crippen LogP contribution in [0.5, 0.6) is 0 Å². The molecule has 0 aromatic heterocycles. The number of carboxylic acid groups (broad SMARTS) is 1. The van der Waals surface area contributed by atoms with Crippen molar-refractivity contribution in [2.75, 3.05) is 0 Å². The van der Waals surface area contributed by atoms with Crippen LogP contribution in [-0.4, -0.2) is 21.6 Å². The fourth-order valence-electron chi connectivity index (χ4n) is 0.152. The van der Waals surface area contributed by atoms with Crippen molar-refractivity contribution in [3.63, 3.8) is 0 Å². The maximum atomic E-state index is 9.87. The predicted molar refractivity (Wildman–Crippen MR) is 31.6 cm³/mol. The summed E-state index contributed by atoms with van der Waals surface area (Å²) < 4.78 is 0.252. The van der Waals surface area contributed by atoms with E-state index < -0.39 is 12.1 Å². The highest BCUT2D eigenvalue weighted by atomic mass is 32.1. The summed E-state index contributed by atoms with van der Waals surface area (Å²) in [4.78, 5) is 19.7. The van der Waals surface area contributed by atoms with Crippen LogP contribution in [0.2, 0.25) is 0 Å². The van der Waals surface area contributed by atoms with Crippen LogP contribution < -0.4 is 11.2 Å². The Morgan fingerprint density at radius 1 is 1.67 bits per heavy atom. The van der Waals surface area contributed by atoms with E-state index in [1.165, 1.54) is 0 Å². The SMILES string of the molecule is NC(=O)NN(S)C(=O)O. The predicted octanol–water partition coefficient (Wildman–Crippen LogP) is -0.605. The molecular formula is C2H5N3O3S. The molecule has 0 aliphatic rings. The first-order valence-corrected chi connectivity index (χ1v) is 2.22. The minimum absolute atomic E-state index is 0.252. The number of hydrogen-bond acceptors (Lipinski definition) is 3. The summed E-state index contributed by atoms with van der Waals surface area (Å²) in [5.41, 5.74) is 6.21. The third kappa shape index (κ3) is 3.47. The van der Waals surface area contributed by atoms with Gasteiger partial charge in [0.1, 0.15) is 0 Å². The number of nitrogens with two attached hydrogens (primary N) is 1. The molecule has 0 aliphatic carbocycles. The molecule has 0 atom stereocenters. The molecule has 0 fully saturated rings. The summed E-state index contributed by atoms with van der Waals surface area (Å²) in [5, 5.41) is 8.01. The molecule has 0 aromatic carbocycles. The van der Waals surface area contributed by atoms with Crippen molar-refractivity contribution in [3.05, 3.63) is 0 Å². The second kappa shape index (κ2) is 3.02. The zero-order valence-corrected chi connectivity index (χ0v) is 5.13. The van der Waals surface area contributed by atoms with Crippen LogP contribution in [0.4, 0.5) is 9.59 Å². The fraction of sp³-hybridized carbons (Fsp3) is 0. The molecule has 9 heavy (non-hydrogen) atoms. The summed E-state index contributed by atoms with van der Waals surface area (Å²) in [5.74, 6) is 0. The Morgan fingerprint density at radius 3 is 2.22 bits per heavy atom. The summed E-state index contributed by atoms with van der Waals surface area (Å²) in [6, 6.07) is -0.979. The zero-order valence-electron chi connectivity index (χ0n) is 4.24. The van der Waals surface area contributed by atoms with Gasteiger partial charge in [0.15, 0.2) is 0 Å². The molecule has 7 heteroatoms. The quantitative estimate of drug-likeness (QED) is 0.275. The molecular weight excluding hydrogens is 146 g/mol. The van der Waals surface area contributed by atoms with Gasteiger partial charge in [-0.3, -0.25) is 0 Å². The highest BCUT2D eigenvalue weighted by Gasteiger charge is 2.06. The van der Waals surface area contributed by atoms with Gasteiger partial charge >= 0.3 is 12.1 Å². The molecule has 0 aliphatic heterocycles. The van der Waals surface area contributed by atoms with Crippen molar-refractivity contribution >= 4 is 24.9 Å². The van der Waals surface area contributed by atoms with Crippen LogP contribution in [0.1, 0.15) is 0 Å². The van der Waals surface area contributed by atoms with Gasteiger partial charge in [-0.25, -0.2) is 15.0 Å². The Balaban J connectivity index is 3.63. The lowest BCUT2D eigenvalue weighted by molar-refractivity contribution is 0.163. The van der Waals surface area contributed by atoms with Gasteiger partial charge in [0, 0.05) is 0 Å². The molecule has 0 saturated carbocycles. The van der Waals surface area contributed by atoms with Gasteiger partial charge in [-0.15, -0.1) is 0 Å². The number of rotatable bonds is 0. The number of amides is 3. The summed E-state index contributed by atoms with van der Waals surface area (Å²) in [6.07, 6.45) is -1.41. The number of primary amides is 1. The Hall–Kier alpha value is -1.11. The highest BCUT2D eigenvalue weighted by molar-refractivity contribution is 7.78. The minimum atomic E-state index is -1.41. The molecule has 0 aromatic rings. The maximum absolute atomic E-state index is 9.87. The summed E-state index contributed by atoms with van der Waals surface area (Å²) in [7, 11) is 0. The second-order valence-corrected chi connectivity index (χ2v) is 1.47. The van der Waals surface area contributed by atoms with E-state index in [9.17, 15) is 9.59 Å². The molecule has 0 saturated heterocycles. The van der Waals surface area contributed by atoms with Crippen molar-refractivity contribution in [1.29, 1.82) is 0 Å². The Morgan fingerprint density at radius 2 is 2.11 bits per heavy atom. The van der Waals surface area contributed by atoms with Crippen LogP contribution in [0.25, 0.3) is 0 Å². The summed E-state index contributed by atoms with van der Waals surface area (Å²) >= 11 is 3.29. The van der Waals surface area contributed by atoms with Crippen molar-refractivity contribution in [2.45, 2.75) is 0 Å². The van der Waals surface area contributed by atoms with Crippen LogP contribution >= 0.6 is 12.8 Å². The van der Waals surface area contributed by atoms with Crippen molar-refractivity contribution in [2.24, 2.45) is 5.73 Å².